The van der Waals surface area contributed by atoms with Gasteiger partial charge in [-0.2, -0.15) is 0 Å². The van der Waals surface area contributed by atoms with Crippen molar-refractivity contribution in [2.45, 2.75) is 19.8 Å². The molecule has 1 aliphatic heterocycles. The second kappa shape index (κ2) is 4.56. The minimum absolute atomic E-state index is 0.156. The largest absolute Gasteiger partial charge is 0.369 e. The average molecular weight is 281 g/mol. The first-order valence-electron chi connectivity index (χ1n) is 6.56. The zero-order chi connectivity index (χ0) is 13.6. The lowest BCUT2D eigenvalue weighted by atomic mass is 10.00. The number of fused-ring (bicyclic) bond motifs is 1. The zero-order valence-corrected chi connectivity index (χ0v) is 11.9. The van der Waals surface area contributed by atoms with E-state index in [-0.39, 0.29) is 5.69 Å². The first-order valence-corrected chi connectivity index (χ1v) is 6.94. The molecule has 1 unspecified atom stereocenters. The molecule has 6 heteroatoms. The van der Waals surface area contributed by atoms with Gasteiger partial charge >= 0.3 is 5.69 Å². The summed E-state index contributed by atoms with van der Waals surface area (Å²) < 4.78 is 1.50. The minimum Gasteiger partial charge on any atom is -0.369 e. The number of anilines is 1. The fraction of sp³-hybridized carbons (Fsp3) is 0.538. The summed E-state index contributed by atoms with van der Waals surface area (Å²) in [4.78, 5) is 21.2. The van der Waals surface area contributed by atoms with Crippen molar-refractivity contribution in [3.8, 4) is 0 Å². The van der Waals surface area contributed by atoms with Crippen LogP contribution in [0.15, 0.2) is 10.9 Å². The van der Waals surface area contributed by atoms with Crippen LogP contribution in [0.25, 0.3) is 11.2 Å². The Bertz CT molecular complexity index is 675. The molecule has 5 nitrogen and oxygen atoms in total. The third kappa shape index (κ3) is 2.12. The summed E-state index contributed by atoms with van der Waals surface area (Å²) in [5, 5.41) is 0.426. The quantitative estimate of drug-likeness (QED) is 0.815. The summed E-state index contributed by atoms with van der Waals surface area (Å²) >= 11 is 6.09. The Morgan fingerprint density at radius 3 is 3.05 bits per heavy atom. The Labute approximate surface area is 116 Å². The summed E-state index contributed by atoms with van der Waals surface area (Å²) in [5.74, 6) is 0.658. The number of H-pyrrole nitrogens is 1. The molecule has 0 amide bonds. The molecule has 0 bridgehead atoms. The van der Waals surface area contributed by atoms with Gasteiger partial charge in [0, 0.05) is 26.2 Å². The molecule has 1 aliphatic rings. The number of aryl methyl sites for hydroxylation is 1. The number of piperidine rings is 1. The van der Waals surface area contributed by atoms with Gasteiger partial charge < -0.3 is 9.88 Å². The van der Waals surface area contributed by atoms with Gasteiger partial charge in [0.05, 0.1) is 5.69 Å². The van der Waals surface area contributed by atoms with E-state index in [1.165, 1.54) is 17.4 Å². The third-order valence-corrected chi connectivity index (χ3v) is 3.99. The van der Waals surface area contributed by atoms with Crippen LogP contribution in [0.4, 0.5) is 5.69 Å². The maximum absolute atomic E-state index is 11.8. The van der Waals surface area contributed by atoms with E-state index in [1.807, 2.05) is 6.07 Å². The molecule has 3 heterocycles. The Balaban J connectivity index is 2.17. The highest BCUT2D eigenvalue weighted by molar-refractivity contribution is 6.30. The van der Waals surface area contributed by atoms with Gasteiger partial charge in [0.25, 0.3) is 0 Å². The summed E-state index contributed by atoms with van der Waals surface area (Å²) in [6, 6.07) is 1.85. The molecule has 2 aromatic heterocycles. The lowest BCUT2D eigenvalue weighted by Crippen LogP contribution is -2.34. The number of halogens is 1. The number of aromatic amines is 1. The van der Waals surface area contributed by atoms with E-state index in [1.54, 1.807) is 7.05 Å². The normalized spacial score (nSPS) is 20.2. The zero-order valence-electron chi connectivity index (χ0n) is 11.1. The Morgan fingerprint density at radius 1 is 1.53 bits per heavy atom. The molecule has 2 aromatic rings. The number of imidazole rings is 1. The highest BCUT2D eigenvalue weighted by atomic mass is 35.5. The lowest BCUT2D eigenvalue weighted by molar-refractivity contribution is 0.447. The molecule has 0 aliphatic carbocycles. The second-order valence-electron chi connectivity index (χ2n) is 5.35. The van der Waals surface area contributed by atoms with Gasteiger partial charge in [-0.05, 0) is 18.8 Å². The number of nitrogens with one attached hydrogen (secondary N) is 1. The van der Waals surface area contributed by atoms with E-state index in [4.69, 9.17) is 11.6 Å². The van der Waals surface area contributed by atoms with E-state index < -0.39 is 0 Å². The highest BCUT2D eigenvalue weighted by Crippen LogP contribution is 2.29. The van der Waals surface area contributed by atoms with Gasteiger partial charge in [-0.1, -0.05) is 18.5 Å². The predicted molar refractivity (Wildman–Crippen MR) is 77.0 cm³/mol. The number of hydrogen-bond acceptors (Lipinski definition) is 3. The minimum atomic E-state index is -0.156. The van der Waals surface area contributed by atoms with Crippen molar-refractivity contribution in [1.82, 2.24) is 14.5 Å². The molecule has 3 rings (SSSR count). The molecule has 1 fully saturated rings. The van der Waals surface area contributed by atoms with Gasteiger partial charge in [0.2, 0.25) is 0 Å². The first-order chi connectivity index (χ1) is 9.06. The van der Waals surface area contributed by atoms with Gasteiger partial charge in [-0.25, -0.2) is 9.78 Å². The average Bonchev–Trinajstić information content (AvgIpc) is 2.65. The van der Waals surface area contributed by atoms with Crippen molar-refractivity contribution < 1.29 is 0 Å². The van der Waals surface area contributed by atoms with Crippen molar-refractivity contribution in [2.24, 2.45) is 13.0 Å². The smallest absolute Gasteiger partial charge is 0.327 e. The maximum Gasteiger partial charge on any atom is 0.327 e. The highest BCUT2D eigenvalue weighted by Gasteiger charge is 2.21. The standard InChI is InChI=1S/C13H17ClN4O/c1-8-4-3-5-18(7-8)9-6-10(14)15-12-11(9)16-13(19)17(12)2/h6,8H,3-5,7H2,1-2H3,(H,16,19). The van der Waals surface area contributed by atoms with Crippen LogP contribution in [0.3, 0.4) is 0 Å². The fourth-order valence-corrected chi connectivity index (χ4v) is 2.98. The number of aromatic nitrogens is 3. The Kier molecular flexibility index (Phi) is 3.01. The SMILES string of the molecule is CC1CCCN(c2cc(Cl)nc3c2[nH]c(=O)n3C)C1. The number of hydrogen-bond donors (Lipinski definition) is 1. The fourth-order valence-electron chi connectivity index (χ4n) is 2.80. The molecular weight excluding hydrogens is 264 g/mol. The van der Waals surface area contributed by atoms with Crippen LogP contribution >= 0.6 is 11.6 Å². The molecule has 1 atom stereocenters. The number of rotatable bonds is 1. The molecule has 0 aromatic carbocycles. The van der Waals surface area contributed by atoms with Gasteiger partial charge in [0.1, 0.15) is 10.7 Å². The summed E-state index contributed by atoms with van der Waals surface area (Å²) in [6.45, 7) is 4.24. The van der Waals surface area contributed by atoms with E-state index in [0.717, 1.165) is 24.3 Å². The Hall–Kier alpha value is -1.49. The second-order valence-corrected chi connectivity index (χ2v) is 5.73. The van der Waals surface area contributed by atoms with Crippen molar-refractivity contribution >= 4 is 28.5 Å². The monoisotopic (exact) mass is 280 g/mol. The van der Waals surface area contributed by atoms with E-state index in [2.05, 4.69) is 21.8 Å². The summed E-state index contributed by atoms with van der Waals surface area (Å²) in [6.07, 6.45) is 2.42. The topological polar surface area (TPSA) is 53.9 Å². The van der Waals surface area contributed by atoms with Crippen LogP contribution in [0.5, 0.6) is 0 Å². The van der Waals surface area contributed by atoms with Gasteiger partial charge in [-0.15, -0.1) is 0 Å². The lowest BCUT2D eigenvalue weighted by Gasteiger charge is -2.33. The van der Waals surface area contributed by atoms with Gasteiger partial charge in [-0.3, -0.25) is 4.57 Å². The predicted octanol–water partition coefficient (Wildman–Crippen LogP) is 2.15. The number of nitrogens with zero attached hydrogens (tertiary/aromatic N) is 3. The van der Waals surface area contributed by atoms with E-state index >= 15 is 0 Å². The molecule has 1 saturated heterocycles. The van der Waals surface area contributed by atoms with Crippen LogP contribution in [0.1, 0.15) is 19.8 Å². The van der Waals surface area contributed by atoms with Crippen molar-refractivity contribution in [3.05, 3.63) is 21.7 Å². The van der Waals surface area contributed by atoms with Crippen LogP contribution in [-0.2, 0) is 7.05 Å². The Morgan fingerprint density at radius 2 is 2.32 bits per heavy atom. The van der Waals surface area contributed by atoms with E-state index in [9.17, 15) is 4.79 Å². The molecule has 0 saturated carbocycles. The van der Waals surface area contributed by atoms with Crippen LogP contribution in [0.2, 0.25) is 5.15 Å². The summed E-state index contributed by atoms with van der Waals surface area (Å²) in [7, 11) is 1.70. The molecule has 19 heavy (non-hydrogen) atoms. The number of pyridine rings is 1. The first kappa shape index (κ1) is 12.5. The molecule has 1 N–H and O–H groups in total. The van der Waals surface area contributed by atoms with E-state index in [0.29, 0.717) is 16.7 Å². The van der Waals surface area contributed by atoms with Crippen molar-refractivity contribution in [1.29, 1.82) is 0 Å². The molecule has 0 radical (unpaired) electrons. The molecular formula is C13H17ClN4O. The summed E-state index contributed by atoms with van der Waals surface area (Å²) in [5.41, 5.74) is 2.23. The maximum atomic E-state index is 11.8. The van der Waals surface area contributed by atoms with Crippen LogP contribution in [-0.4, -0.2) is 27.6 Å². The van der Waals surface area contributed by atoms with Crippen LogP contribution in [0, 0.1) is 5.92 Å². The van der Waals surface area contributed by atoms with Gasteiger partial charge in [0.15, 0.2) is 5.65 Å². The third-order valence-electron chi connectivity index (χ3n) is 3.80. The molecule has 102 valence electrons. The van der Waals surface area contributed by atoms with Crippen LogP contribution < -0.4 is 10.6 Å². The molecule has 0 spiro atoms. The van der Waals surface area contributed by atoms with Crippen molar-refractivity contribution in [3.63, 3.8) is 0 Å². The van der Waals surface area contributed by atoms with Crippen molar-refractivity contribution in [2.75, 3.05) is 18.0 Å².